The van der Waals surface area contributed by atoms with Crippen LogP contribution in [-0.2, 0) is 9.59 Å². The zero-order valence-corrected chi connectivity index (χ0v) is 19.2. The fourth-order valence-corrected chi connectivity index (χ4v) is 4.50. The lowest BCUT2D eigenvalue weighted by molar-refractivity contribution is -0.139. The van der Waals surface area contributed by atoms with Crippen molar-refractivity contribution in [3.05, 3.63) is 83.4 Å². The Balaban J connectivity index is 1.31. The number of ether oxygens (including phenoxy) is 2. The summed E-state index contributed by atoms with van der Waals surface area (Å²) < 4.78 is 10.9. The number of amides is 3. The van der Waals surface area contributed by atoms with Crippen molar-refractivity contribution >= 4 is 35.1 Å². The molecule has 0 N–H and O–H groups in total. The number of hydrogen-bond acceptors (Lipinski definition) is 6. The van der Waals surface area contributed by atoms with Crippen LogP contribution >= 0.6 is 0 Å². The van der Waals surface area contributed by atoms with Gasteiger partial charge in [0, 0.05) is 13.0 Å². The number of rotatable bonds is 5. The van der Waals surface area contributed by atoms with Crippen molar-refractivity contribution < 1.29 is 28.7 Å². The quantitative estimate of drug-likeness (QED) is 0.320. The minimum absolute atomic E-state index is 0.0307. The number of imide groups is 1. The number of anilines is 2. The number of hydrogen-bond donors (Lipinski definition) is 0. The van der Waals surface area contributed by atoms with Crippen molar-refractivity contribution in [2.24, 2.45) is 5.92 Å². The van der Waals surface area contributed by atoms with Gasteiger partial charge in [0.05, 0.1) is 35.5 Å². The predicted molar refractivity (Wildman–Crippen MR) is 128 cm³/mol. The third-order valence-corrected chi connectivity index (χ3v) is 6.26. The number of methoxy groups -OCH3 is 1. The first-order valence-electron chi connectivity index (χ1n) is 11.1. The Bertz CT molecular complexity index is 1350. The SMILES string of the molecule is COc1ccccc1N1C[C@@H](C(=O)Oc2ccc(N3C(=O)c4ccccc4C3=O)c(C)c2)CC1=O. The first-order valence-corrected chi connectivity index (χ1v) is 11.1. The third-order valence-electron chi connectivity index (χ3n) is 6.26. The molecule has 1 fully saturated rings. The fraction of sp³-hybridized carbons (Fsp3) is 0.185. The molecule has 0 aromatic heterocycles. The van der Waals surface area contributed by atoms with Crippen molar-refractivity contribution in [3.63, 3.8) is 0 Å². The third kappa shape index (κ3) is 3.82. The standard InChI is InChI=1S/C27H22N2O6/c1-16-13-18(11-12-21(16)29-25(31)19-7-3-4-8-20(19)26(29)32)35-27(33)17-14-24(30)28(15-17)22-9-5-6-10-23(22)34-2/h3-13,17H,14-15H2,1-2H3/t17-/m0/s1. The maximum atomic E-state index is 12.8. The molecule has 176 valence electrons. The number of esters is 1. The van der Waals surface area contributed by atoms with Gasteiger partial charge in [0.25, 0.3) is 11.8 Å². The molecule has 0 unspecified atom stereocenters. The van der Waals surface area contributed by atoms with E-state index in [1.165, 1.54) is 12.0 Å². The molecule has 8 nitrogen and oxygen atoms in total. The molecule has 5 rings (SSSR count). The number of carbonyl (C=O) groups excluding carboxylic acids is 4. The summed E-state index contributed by atoms with van der Waals surface area (Å²) in [4.78, 5) is 53.7. The van der Waals surface area contributed by atoms with Gasteiger partial charge in [-0.25, -0.2) is 4.90 Å². The van der Waals surface area contributed by atoms with Gasteiger partial charge in [-0.3, -0.25) is 19.2 Å². The van der Waals surface area contributed by atoms with Crippen LogP contribution in [0.4, 0.5) is 11.4 Å². The van der Waals surface area contributed by atoms with E-state index >= 15 is 0 Å². The van der Waals surface area contributed by atoms with E-state index in [0.29, 0.717) is 33.8 Å². The first kappa shape index (κ1) is 22.3. The molecule has 0 bridgehead atoms. The molecular formula is C27H22N2O6. The monoisotopic (exact) mass is 470 g/mol. The van der Waals surface area contributed by atoms with E-state index in [2.05, 4.69) is 0 Å². The van der Waals surface area contributed by atoms with Crippen molar-refractivity contribution in [3.8, 4) is 11.5 Å². The highest BCUT2D eigenvalue weighted by Gasteiger charge is 2.38. The predicted octanol–water partition coefficient (Wildman–Crippen LogP) is 3.76. The Morgan fingerprint density at radius 1 is 0.886 bits per heavy atom. The summed E-state index contributed by atoms with van der Waals surface area (Å²) in [6.07, 6.45) is 0.0307. The molecule has 2 aliphatic rings. The molecule has 2 aliphatic heterocycles. The highest BCUT2D eigenvalue weighted by atomic mass is 16.5. The van der Waals surface area contributed by atoms with Crippen LogP contribution in [0.25, 0.3) is 0 Å². The van der Waals surface area contributed by atoms with Gasteiger partial charge < -0.3 is 14.4 Å². The number of fused-ring (bicyclic) bond motifs is 1. The van der Waals surface area contributed by atoms with Gasteiger partial charge in [-0.2, -0.15) is 0 Å². The van der Waals surface area contributed by atoms with Gasteiger partial charge in [0.15, 0.2) is 0 Å². The van der Waals surface area contributed by atoms with Crippen LogP contribution < -0.4 is 19.3 Å². The number of carbonyl (C=O) groups is 4. The second kappa shape index (κ2) is 8.72. The summed E-state index contributed by atoms with van der Waals surface area (Å²) in [7, 11) is 1.53. The summed E-state index contributed by atoms with van der Waals surface area (Å²) in [6, 6.07) is 18.5. The number of aryl methyl sites for hydroxylation is 1. The lowest BCUT2D eigenvalue weighted by atomic mass is 10.1. The van der Waals surface area contributed by atoms with Gasteiger partial charge in [0.1, 0.15) is 11.5 Å². The van der Waals surface area contributed by atoms with Crippen LogP contribution in [0.1, 0.15) is 32.7 Å². The highest BCUT2D eigenvalue weighted by molar-refractivity contribution is 6.34. The summed E-state index contributed by atoms with van der Waals surface area (Å²) >= 11 is 0. The van der Waals surface area contributed by atoms with Gasteiger partial charge in [-0.15, -0.1) is 0 Å². The smallest absolute Gasteiger partial charge is 0.316 e. The Kier molecular flexibility index (Phi) is 5.56. The van der Waals surface area contributed by atoms with Crippen LogP contribution in [0.5, 0.6) is 11.5 Å². The van der Waals surface area contributed by atoms with Crippen LogP contribution in [0.3, 0.4) is 0 Å². The van der Waals surface area contributed by atoms with E-state index in [9.17, 15) is 19.2 Å². The molecule has 0 aliphatic carbocycles. The average molecular weight is 470 g/mol. The molecule has 3 amide bonds. The van der Waals surface area contributed by atoms with E-state index in [4.69, 9.17) is 9.47 Å². The maximum Gasteiger partial charge on any atom is 0.316 e. The van der Waals surface area contributed by atoms with Gasteiger partial charge in [0.2, 0.25) is 5.91 Å². The molecule has 2 heterocycles. The summed E-state index contributed by atoms with van der Waals surface area (Å²) in [5, 5.41) is 0. The van der Waals surface area contributed by atoms with Crippen LogP contribution in [0.15, 0.2) is 66.7 Å². The van der Waals surface area contributed by atoms with E-state index in [0.717, 1.165) is 4.90 Å². The van der Waals surface area contributed by atoms with Gasteiger partial charge in [-0.05, 0) is 55.0 Å². The molecule has 1 saturated heterocycles. The van der Waals surface area contributed by atoms with Crippen LogP contribution in [0, 0.1) is 12.8 Å². The molecule has 35 heavy (non-hydrogen) atoms. The van der Waals surface area contributed by atoms with Gasteiger partial charge in [-0.1, -0.05) is 24.3 Å². The lowest BCUT2D eigenvalue weighted by Gasteiger charge is -2.19. The lowest BCUT2D eigenvalue weighted by Crippen LogP contribution is -2.30. The van der Waals surface area contributed by atoms with E-state index < -0.39 is 11.9 Å². The largest absolute Gasteiger partial charge is 0.495 e. The Morgan fingerprint density at radius 2 is 1.54 bits per heavy atom. The molecule has 3 aromatic rings. The molecule has 0 spiro atoms. The second-order valence-electron chi connectivity index (χ2n) is 8.44. The van der Waals surface area contributed by atoms with Crippen molar-refractivity contribution in [2.45, 2.75) is 13.3 Å². The number of benzene rings is 3. The summed E-state index contributed by atoms with van der Waals surface area (Å²) in [6.45, 7) is 1.92. The summed E-state index contributed by atoms with van der Waals surface area (Å²) in [5.41, 5.74) is 2.35. The van der Waals surface area contributed by atoms with E-state index in [-0.39, 0.29) is 36.4 Å². The normalized spacial score (nSPS) is 17.1. The molecule has 8 heteroatoms. The van der Waals surface area contributed by atoms with E-state index in [1.807, 2.05) is 6.07 Å². The molecule has 0 saturated carbocycles. The van der Waals surface area contributed by atoms with Crippen molar-refractivity contribution in [2.75, 3.05) is 23.5 Å². The minimum Gasteiger partial charge on any atom is -0.495 e. The average Bonchev–Trinajstić information content (AvgIpc) is 3.37. The molecule has 3 aromatic carbocycles. The van der Waals surface area contributed by atoms with E-state index in [1.54, 1.807) is 67.6 Å². The molecular weight excluding hydrogens is 448 g/mol. The van der Waals surface area contributed by atoms with Crippen LogP contribution in [-0.4, -0.2) is 37.3 Å². The Hall–Kier alpha value is -4.46. The number of nitrogens with zero attached hydrogens (tertiary/aromatic N) is 2. The Labute approximate surface area is 201 Å². The zero-order valence-electron chi connectivity index (χ0n) is 19.2. The maximum absolute atomic E-state index is 12.8. The number of para-hydroxylation sites is 2. The Morgan fingerprint density at radius 3 is 2.20 bits per heavy atom. The minimum atomic E-state index is -0.636. The summed E-state index contributed by atoms with van der Waals surface area (Å²) in [5.74, 6) is -1.30. The molecule has 1 atom stereocenters. The van der Waals surface area contributed by atoms with Crippen LogP contribution in [0.2, 0.25) is 0 Å². The van der Waals surface area contributed by atoms with Gasteiger partial charge >= 0.3 is 5.97 Å². The zero-order chi connectivity index (χ0) is 24.7. The fourth-order valence-electron chi connectivity index (χ4n) is 4.50. The van der Waals surface area contributed by atoms with Crippen molar-refractivity contribution in [1.29, 1.82) is 0 Å². The molecule has 0 radical (unpaired) electrons. The first-order chi connectivity index (χ1) is 16.9. The second-order valence-corrected chi connectivity index (χ2v) is 8.44. The topological polar surface area (TPSA) is 93.2 Å². The highest BCUT2D eigenvalue weighted by Crippen LogP contribution is 2.35. The van der Waals surface area contributed by atoms with Crippen molar-refractivity contribution in [1.82, 2.24) is 0 Å².